The number of nitrogens with one attached hydrogen (secondary N) is 1. The minimum atomic E-state index is -3.60. The molecule has 0 heterocycles. The van der Waals surface area contributed by atoms with E-state index in [-0.39, 0.29) is 18.7 Å². The zero-order chi connectivity index (χ0) is 17.7. The van der Waals surface area contributed by atoms with Gasteiger partial charge < -0.3 is 5.32 Å². The summed E-state index contributed by atoms with van der Waals surface area (Å²) in [5.41, 5.74) is 0.432. The standard InChI is InChI=1S/C16H16F2N2O3S/c1-24(22,23)20(15-7-5-13(17)6-8-15)10-9-19-16(21)12-3-2-4-14(18)11-12/h2-8,11H,9-10H2,1H3,(H,19,21). The lowest BCUT2D eigenvalue weighted by molar-refractivity contribution is 0.0954. The van der Waals surface area contributed by atoms with E-state index in [1.807, 2.05) is 0 Å². The van der Waals surface area contributed by atoms with Gasteiger partial charge in [0.25, 0.3) is 5.91 Å². The van der Waals surface area contributed by atoms with Gasteiger partial charge in [0.2, 0.25) is 10.0 Å². The minimum Gasteiger partial charge on any atom is -0.350 e. The molecular weight excluding hydrogens is 338 g/mol. The highest BCUT2D eigenvalue weighted by Gasteiger charge is 2.17. The first-order valence-corrected chi connectivity index (χ1v) is 8.89. The molecule has 1 amide bonds. The Balaban J connectivity index is 2.04. The molecule has 0 radical (unpaired) electrons. The number of anilines is 1. The van der Waals surface area contributed by atoms with Gasteiger partial charge in [0.1, 0.15) is 11.6 Å². The van der Waals surface area contributed by atoms with Gasteiger partial charge in [-0.1, -0.05) is 6.07 Å². The van der Waals surface area contributed by atoms with Crippen LogP contribution in [0, 0.1) is 11.6 Å². The maximum Gasteiger partial charge on any atom is 0.251 e. The molecule has 0 aromatic heterocycles. The Morgan fingerprint density at radius 2 is 1.75 bits per heavy atom. The van der Waals surface area contributed by atoms with E-state index >= 15 is 0 Å². The Kier molecular flexibility index (Phi) is 5.50. The summed E-state index contributed by atoms with van der Waals surface area (Å²) in [5.74, 6) is -1.53. The van der Waals surface area contributed by atoms with Crippen molar-refractivity contribution in [3.63, 3.8) is 0 Å². The van der Waals surface area contributed by atoms with Crippen LogP contribution in [0.5, 0.6) is 0 Å². The number of hydrogen-bond acceptors (Lipinski definition) is 3. The van der Waals surface area contributed by atoms with Crippen molar-refractivity contribution in [2.75, 3.05) is 23.7 Å². The predicted octanol–water partition coefficient (Wildman–Crippen LogP) is 2.16. The monoisotopic (exact) mass is 354 g/mol. The van der Waals surface area contributed by atoms with E-state index in [9.17, 15) is 22.0 Å². The smallest absolute Gasteiger partial charge is 0.251 e. The van der Waals surface area contributed by atoms with Crippen LogP contribution >= 0.6 is 0 Å². The van der Waals surface area contributed by atoms with Gasteiger partial charge in [-0.05, 0) is 42.5 Å². The van der Waals surface area contributed by atoms with Gasteiger partial charge in [0.05, 0.1) is 18.5 Å². The summed E-state index contributed by atoms with van der Waals surface area (Å²) in [6.07, 6.45) is 1.02. The molecule has 0 saturated heterocycles. The second-order valence-electron chi connectivity index (χ2n) is 5.08. The minimum absolute atomic E-state index is 0.0137. The number of sulfonamides is 1. The first kappa shape index (κ1) is 17.9. The van der Waals surface area contributed by atoms with Crippen molar-refractivity contribution in [1.82, 2.24) is 5.32 Å². The number of benzene rings is 2. The Morgan fingerprint density at radius 1 is 1.08 bits per heavy atom. The molecule has 0 aliphatic rings. The van der Waals surface area contributed by atoms with Crippen molar-refractivity contribution >= 4 is 21.6 Å². The number of hydrogen-bond donors (Lipinski definition) is 1. The average Bonchev–Trinajstić information content (AvgIpc) is 2.51. The summed E-state index contributed by atoms with van der Waals surface area (Å²) < 4.78 is 50.9. The van der Waals surface area contributed by atoms with Gasteiger partial charge >= 0.3 is 0 Å². The van der Waals surface area contributed by atoms with Crippen molar-refractivity contribution in [2.24, 2.45) is 0 Å². The molecule has 0 atom stereocenters. The number of amides is 1. The summed E-state index contributed by atoms with van der Waals surface area (Å²) in [6, 6.07) is 10.1. The van der Waals surface area contributed by atoms with E-state index in [0.717, 1.165) is 28.8 Å². The first-order chi connectivity index (χ1) is 11.3. The molecule has 8 heteroatoms. The number of nitrogens with zero attached hydrogens (tertiary/aromatic N) is 1. The van der Waals surface area contributed by atoms with Crippen molar-refractivity contribution in [1.29, 1.82) is 0 Å². The summed E-state index contributed by atoms with van der Waals surface area (Å²) in [4.78, 5) is 11.9. The van der Waals surface area contributed by atoms with Crippen LogP contribution in [0.15, 0.2) is 48.5 Å². The Labute approximate surface area is 139 Å². The van der Waals surface area contributed by atoms with E-state index in [2.05, 4.69) is 5.32 Å². The van der Waals surface area contributed by atoms with E-state index < -0.39 is 27.6 Å². The lowest BCUT2D eigenvalue weighted by atomic mass is 10.2. The molecule has 0 aliphatic carbocycles. The lowest BCUT2D eigenvalue weighted by Crippen LogP contribution is -2.38. The van der Waals surface area contributed by atoms with Gasteiger partial charge in [-0.15, -0.1) is 0 Å². The second-order valence-corrected chi connectivity index (χ2v) is 6.98. The van der Waals surface area contributed by atoms with Crippen LogP contribution < -0.4 is 9.62 Å². The van der Waals surface area contributed by atoms with Crippen LogP contribution in [0.2, 0.25) is 0 Å². The molecule has 0 aliphatic heterocycles. The molecule has 0 bridgehead atoms. The van der Waals surface area contributed by atoms with Crippen molar-refractivity contribution in [3.8, 4) is 0 Å². The second kappa shape index (κ2) is 7.39. The van der Waals surface area contributed by atoms with Gasteiger partial charge in [-0.3, -0.25) is 9.10 Å². The molecule has 0 spiro atoms. The fraction of sp³-hybridized carbons (Fsp3) is 0.188. The number of carbonyl (C=O) groups is 1. The normalized spacial score (nSPS) is 11.1. The molecule has 2 aromatic carbocycles. The van der Waals surface area contributed by atoms with Gasteiger partial charge in [0, 0.05) is 12.1 Å². The molecule has 2 rings (SSSR count). The fourth-order valence-corrected chi connectivity index (χ4v) is 3.02. The summed E-state index contributed by atoms with van der Waals surface area (Å²) in [7, 11) is -3.60. The molecule has 24 heavy (non-hydrogen) atoms. The zero-order valence-electron chi connectivity index (χ0n) is 12.9. The zero-order valence-corrected chi connectivity index (χ0v) is 13.7. The highest BCUT2D eigenvalue weighted by molar-refractivity contribution is 7.92. The van der Waals surface area contributed by atoms with Crippen LogP contribution in [0.1, 0.15) is 10.4 Å². The molecular formula is C16H16F2N2O3S. The summed E-state index contributed by atoms with van der Waals surface area (Å²) in [5, 5.41) is 2.52. The van der Waals surface area contributed by atoms with Crippen LogP contribution in [0.3, 0.4) is 0 Å². The lowest BCUT2D eigenvalue weighted by Gasteiger charge is -2.22. The predicted molar refractivity (Wildman–Crippen MR) is 87.3 cm³/mol. The Hall–Kier alpha value is -2.48. The summed E-state index contributed by atoms with van der Waals surface area (Å²) >= 11 is 0. The highest BCUT2D eigenvalue weighted by atomic mass is 32.2. The van der Waals surface area contributed by atoms with Gasteiger partial charge in [-0.25, -0.2) is 17.2 Å². The largest absolute Gasteiger partial charge is 0.350 e. The number of rotatable bonds is 6. The maximum absolute atomic E-state index is 13.1. The molecule has 1 N–H and O–H groups in total. The van der Waals surface area contributed by atoms with Gasteiger partial charge in [0.15, 0.2) is 0 Å². The van der Waals surface area contributed by atoms with Crippen LogP contribution in [0.25, 0.3) is 0 Å². The molecule has 128 valence electrons. The van der Waals surface area contributed by atoms with Crippen LogP contribution in [-0.2, 0) is 10.0 Å². The Morgan fingerprint density at radius 3 is 2.33 bits per heavy atom. The van der Waals surface area contributed by atoms with Crippen molar-refractivity contribution in [3.05, 3.63) is 65.7 Å². The van der Waals surface area contributed by atoms with Crippen LogP contribution in [-0.4, -0.2) is 33.7 Å². The fourth-order valence-electron chi connectivity index (χ4n) is 2.10. The molecule has 0 unspecified atom stereocenters. The van der Waals surface area contributed by atoms with E-state index in [4.69, 9.17) is 0 Å². The van der Waals surface area contributed by atoms with Crippen LogP contribution in [0.4, 0.5) is 14.5 Å². The first-order valence-electron chi connectivity index (χ1n) is 7.04. The van der Waals surface area contributed by atoms with Gasteiger partial charge in [-0.2, -0.15) is 0 Å². The molecule has 2 aromatic rings. The summed E-state index contributed by atoms with van der Waals surface area (Å²) in [6.45, 7) is -0.0225. The van der Waals surface area contributed by atoms with E-state index in [1.165, 1.54) is 30.3 Å². The third-order valence-electron chi connectivity index (χ3n) is 3.20. The van der Waals surface area contributed by atoms with E-state index in [0.29, 0.717) is 5.69 Å². The molecule has 0 saturated carbocycles. The topological polar surface area (TPSA) is 66.5 Å². The molecule has 5 nitrogen and oxygen atoms in total. The van der Waals surface area contributed by atoms with Crippen molar-refractivity contribution < 1.29 is 22.0 Å². The SMILES string of the molecule is CS(=O)(=O)N(CCNC(=O)c1cccc(F)c1)c1ccc(F)cc1. The third kappa shape index (κ3) is 4.76. The maximum atomic E-state index is 13.1. The Bertz CT molecular complexity index is 823. The third-order valence-corrected chi connectivity index (χ3v) is 4.40. The number of carbonyl (C=O) groups excluding carboxylic acids is 1. The number of halogens is 2. The quantitative estimate of drug-likeness (QED) is 0.864. The van der Waals surface area contributed by atoms with E-state index in [1.54, 1.807) is 0 Å². The molecule has 0 fully saturated rings. The van der Waals surface area contributed by atoms with Crippen molar-refractivity contribution in [2.45, 2.75) is 0 Å². The average molecular weight is 354 g/mol. The highest BCUT2D eigenvalue weighted by Crippen LogP contribution is 2.17.